The van der Waals surface area contributed by atoms with E-state index in [-0.39, 0.29) is 47.7 Å². The van der Waals surface area contributed by atoms with Crippen molar-refractivity contribution < 1.29 is 9.90 Å². The van der Waals surface area contributed by atoms with E-state index in [1.54, 1.807) is 0 Å². The lowest BCUT2D eigenvalue weighted by atomic mass is 9.70. The van der Waals surface area contributed by atoms with Crippen LogP contribution in [0.25, 0.3) is 0 Å². The molecule has 3 heterocycles. The van der Waals surface area contributed by atoms with Gasteiger partial charge in [0.25, 0.3) is 0 Å². The zero-order valence-corrected chi connectivity index (χ0v) is 18.3. The molecule has 1 aromatic rings. The first-order valence-electron chi connectivity index (χ1n) is 9.66. The SMILES string of the molecule is Cl.Cl.O=C(N1CCC[C@]2(CNCC[C@@H]2O)C1)C1(Cc2ccc(Cl)cc2)CNC1. The predicted octanol–water partition coefficient (Wildman–Crippen LogP) is 2.28. The highest BCUT2D eigenvalue weighted by molar-refractivity contribution is 6.30. The maximum atomic E-state index is 13.5. The number of hydrogen-bond acceptors (Lipinski definition) is 4. The molecule has 1 aromatic carbocycles. The van der Waals surface area contributed by atoms with Crippen LogP contribution >= 0.6 is 36.4 Å². The number of carbonyl (C=O) groups excluding carboxylic acids is 1. The Balaban J connectivity index is 0.00000140. The summed E-state index contributed by atoms with van der Waals surface area (Å²) in [5, 5.41) is 18.1. The molecule has 5 nitrogen and oxygen atoms in total. The van der Waals surface area contributed by atoms with Crippen LogP contribution in [0.5, 0.6) is 0 Å². The lowest BCUT2D eigenvalue weighted by Gasteiger charge is -2.51. The largest absolute Gasteiger partial charge is 0.392 e. The van der Waals surface area contributed by atoms with Gasteiger partial charge >= 0.3 is 0 Å². The number of amides is 1. The quantitative estimate of drug-likeness (QED) is 0.661. The molecule has 158 valence electrons. The summed E-state index contributed by atoms with van der Waals surface area (Å²) < 4.78 is 0. The Morgan fingerprint density at radius 3 is 2.50 bits per heavy atom. The predicted molar refractivity (Wildman–Crippen MR) is 117 cm³/mol. The molecular weight excluding hydrogens is 421 g/mol. The van der Waals surface area contributed by atoms with Crippen molar-refractivity contribution >= 4 is 42.3 Å². The number of nitrogens with one attached hydrogen (secondary N) is 2. The minimum Gasteiger partial charge on any atom is -0.392 e. The van der Waals surface area contributed by atoms with Gasteiger partial charge in [-0.15, -0.1) is 24.8 Å². The molecule has 0 aromatic heterocycles. The molecule has 1 spiro atoms. The van der Waals surface area contributed by atoms with E-state index in [0.717, 1.165) is 69.0 Å². The molecule has 3 N–H and O–H groups in total. The second kappa shape index (κ2) is 9.50. The minimum absolute atomic E-state index is 0. The first-order chi connectivity index (χ1) is 12.5. The second-order valence-electron chi connectivity index (χ2n) is 8.36. The van der Waals surface area contributed by atoms with Crippen LogP contribution in [0.3, 0.4) is 0 Å². The van der Waals surface area contributed by atoms with Crippen LogP contribution in [-0.4, -0.2) is 61.3 Å². The smallest absolute Gasteiger partial charge is 0.231 e. The van der Waals surface area contributed by atoms with E-state index in [9.17, 15) is 9.90 Å². The molecule has 2 atom stereocenters. The summed E-state index contributed by atoms with van der Waals surface area (Å²) in [6.07, 6.45) is 3.16. The molecule has 0 aliphatic carbocycles. The van der Waals surface area contributed by atoms with Gasteiger partial charge in [-0.2, -0.15) is 0 Å². The summed E-state index contributed by atoms with van der Waals surface area (Å²) >= 11 is 5.99. The molecule has 3 fully saturated rings. The highest BCUT2D eigenvalue weighted by atomic mass is 35.5. The Bertz CT molecular complexity index is 665. The van der Waals surface area contributed by atoms with Gasteiger partial charge in [-0.25, -0.2) is 0 Å². The zero-order chi connectivity index (χ0) is 18.2. The maximum Gasteiger partial charge on any atom is 0.231 e. The van der Waals surface area contributed by atoms with E-state index >= 15 is 0 Å². The van der Waals surface area contributed by atoms with Crippen molar-refractivity contribution in [1.29, 1.82) is 0 Å². The van der Waals surface area contributed by atoms with Gasteiger partial charge in [0.05, 0.1) is 11.5 Å². The fraction of sp³-hybridized carbons (Fsp3) is 0.650. The standard InChI is InChI=1S/C20H28ClN3O2.2ClH/c21-16-4-2-15(3-5-16)10-20(12-23-13-20)18(26)24-9-1-7-19(14-24)11-22-8-6-17(19)25;;/h2-5,17,22-23,25H,1,6-14H2;2*1H/t17-,19-;;/m0../s1. The van der Waals surface area contributed by atoms with Crippen molar-refractivity contribution in [2.75, 3.05) is 39.3 Å². The normalized spacial score (nSPS) is 28.6. The number of rotatable bonds is 3. The summed E-state index contributed by atoms with van der Waals surface area (Å²) in [6, 6.07) is 7.81. The van der Waals surface area contributed by atoms with Crippen LogP contribution in [0.15, 0.2) is 24.3 Å². The first-order valence-corrected chi connectivity index (χ1v) is 10.0. The van der Waals surface area contributed by atoms with Crippen molar-refractivity contribution in [3.05, 3.63) is 34.9 Å². The summed E-state index contributed by atoms with van der Waals surface area (Å²) in [5.74, 6) is 0.239. The van der Waals surface area contributed by atoms with Gasteiger partial charge in [-0.1, -0.05) is 23.7 Å². The minimum atomic E-state index is -0.362. The topological polar surface area (TPSA) is 64.6 Å². The van der Waals surface area contributed by atoms with Gasteiger partial charge in [0, 0.05) is 43.2 Å². The van der Waals surface area contributed by atoms with Gasteiger partial charge in [-0.3, -0.25) is 4.79 Å². The number of aliphatic hydroxyl groups excluding tert-OH is 1. The average molecular weight is 451 g/mol. The number of likely N-dealkylation sites (tertiary alicyclic amines) is 1. The van der Waals surface area contributed by atoms with E-state index in [0.29, 0.717) is 6.54 Å². The van der Waals surface area contributed by atoms with Gasteiger partial charge < -0.3 is 20.6 Å². The van der Waals surface area contributed by atoms with E-state index in [1.165, 1.54) is 0 Å². The first kappa shape index (κ1) is 23.7. The van der Waals surface area contributed by atoms with Crippen LogP contribution in [0.1, 0.15) is 24.8 Å². The van der Waals surface area contributed by atoms with Gasteiger partial charge in [0.1, 0.15) is 0 Å². The molecule has 1 amide bonds. The molecule has 3 saturated heterocycles. The number of nitrogens with zero attached hydrogens (tertiary/aromatic N) is 1. The lowest BCUT2D eigenvalue weighted by molar-refractivity contribution is -0.152. The van der Waals surface area contributed by atoms with Gasteiger partial charge in [0.15, 0.2) is 0 Å². The van der Waals surface area contributed by atoms with Crippen LogP contribution in [0.4, 0.5) is 0 Å². The molecule has 4 rings (SSSR count). The molecular formula is C20H30Cl3N3O2. The third kappa shape index (κ3) is 4.45. The van der Waals surface area contributed by atoms with Crippen LogP contribution < -0.4 is 10.6 Å². The third-order valence-electron chi connectivity index (χ3n) is 6.51. The number of hydrogen-bond donors (Lipinski definition) is 3. The average Bonchev–Trinajstić information content (AvgIpc) is 2.62. The highest BCUT2D eigenvalue weighted by Crippen LogP contribution is 2.39. The van der Waals surface area contributed by atoms with Crippen molar-refractivity contribution in [2.24, 2.45) is 10.8 Å². The summed E-state index contributed by atoms with van der Waals surface area (Å²) in [7, 11) is 0. The number of benzene rings is 1. The van der Waals surface area contributed by atoms with E-state index in [1.807, 2.05) is 29.2 Å². The molecule has 3 aliphatic heterocycles. The number of piperidine rings is 2. The Kier molecular flexibility index (Phi) is 8.05. The zero-order valence-electron chi connectivity index (χ0n) is 16.0. The summed E-state index contributed by atoms with van der Waals surface area (Å²) in [5.41, 5.74) is 0.611. The van der Waals surface area contributed by atoms with Gasteiger partial charge in [-0.05, 0) is 49.9 Å². The van der Waals surface area contributed by atoms with Crippen molar-refractivity contribution in [1.82, 2.24) is 15.5 Å². The Morgan fingerprint density at radius 1 is 1.18 bits per heavy atom. The van der Waals surface area contributed by atoms with Gasteiger partial charge in [0.2, 0.25) is 5.91 Å². The molecule has 0 saturated carbocycles. The van der Waals surface area contributed by atoms with Crippen LogP contribution in [0.2, 0.25) is 5.02 Å². The summed E-state index contributed by atoms with van der Waals surface area (Å²) in [4.78, 5) is 15.5. The Hall–Kier alpha value is -0.560. The molecule has 28 heavy (non-hydrogen) atoms. The monoisotopic (exact) mass is 449 g/mol. The Labute approximate surface area is 184 Å². The van der Waals surface area contributed by atoms with Crippen LogP contribution in [-0.2, 0) is 11.2 Å². The number of halogens is 3. The fourth-order valence-corrected chi connectivity index (χ4v) is 4.98. The highest BCUT2D eigenvalue weighted by Gasteiger charge is 2.50. The Morgan fingerprint density at radius 2 is 1.89 bits per heavy atom. The van der Waals surface area contributed by atoms with Crippen molar-refractivity contribution in [3.63, 3.8) is 0 Å². The van der Waals surface area contributed by atoms with E-state index < -0.39 is 0 Å². The van der Waals surface area contributed by atoms with Crippen molar-refractivity contribution in [2.45, 2.75) is 31.8 Å². The molecule has 0 unspecified atom stereocenters. The fourth-order valence-electron chi connectivity index (χ4n) is 4.86. The molecule has 8 heteroatoms. The second-order valence-corrected chi connectivity index (χ2v) is 8.80. The summed E-state index contributed by atoms with van der Waals surface area (Å²) in [6.45, 7) is 4.58. The van der Waals surface area contributed by atoms with Crippen LogP contribution in [0, 0.1) is 10.8 Å². The van der Waals surface area contributed by atoms with E-state index in [2.05, 4.69) is 10.6 Å². The molecule has 0 bridgehead atoms. The third-order valence-corrected chi connectivity index (χ3v) is 6.76. The number of carbonyl (C=O) groups is 1. The van der Waals surface area contributed by atoms with Crippen molar-refractivity contribution in [3.8, 4) is 0 Å². The molecule has 0 radical (unpaired) electrons. The maximum absolute atomic E-state index is 13.5. The van der Waals surface area contributed by atoms with E-state index in [4.69, 9.17) is 11.6 Å². The number of aliphatic hydroxyl groups is 1. The lowest BCUT2D eigenvalue weighted by Crippen LogP contribution is -2.66. The molecule has 3 aliphatic rings.